The zero-order chi connectivity index (χ0) is 41.5. The Balaban J connectivity index is 1.74. The molecule has 3 fully saturated rings. The summed E-state index contributed by atoms with van der Waals surface area (Å²) < 4.78 is 30.0. The molecule has 2 N–H and O–H groups in total. The maximum absolute atomic E-state index is 14.3. The van der Waals surface area contributed by atoms with Crippen LogP contribution in [0.15, 0.2) is 23.3 Å². The molecule has 1 saturated carbocycles. The second kappa shape index (κ2) is 20.0. The monoisotopic (exact) mass is 790 g/mol. The van der Waals surface area contributed by atoms with Crippen LogP contribution in [0.2, 0.25) is 0 Å². The van der Waals surface area contributed by atoms with E-state index in [-0.39, 0.29) is 48.5 Å². The smallest absolute Gasteiger partial charge is 0.329 e. The summed E-state index contributed by atoms with van der Waals surface area (Å²) in [5.74, 6) is -6.22. The van der Waals surface area contributed by atoms with Gasteiger partial charge in [-0.1, -0.05) is 45.4 Å². The molecule has 56 heavy (non-hydrogen) atoms. The first-order valence-electron chi connectivity index (χ1n) is 21.1. The van der Waals surface area contributed by atoms with Crippen molar-refractivity contribution in [3.8, 4) is 0 Å². The molecular formula is C44H71NO11. The summed E-state index contributed by atoms with van der Waals surface area (Å²) in [6.45, 7) is 13.6. The lowest BCUT2D eigenvalue weighted by Crippen LogP contribution is -2.64. The molecule has 4 aliphatic rings. The van der Waals surface area contributed by atoms with Crippen LogP contribution in [-0.2, 0) is 42.9 Å². The maximum Gasteiger partial charge on any atom is 0.329 e. The van der Waals surface area contributed by atoms with E-state index in [1.165, 1.54) is 4.90 Å². The highest BCUT2D eigenvalue weighted by Gasteiger charge is 2.56. The number of carbonyl (C=O) groups excluding carboxylic acids is 4. The summed E-state index contributed by atoms with van der Waals surface area (Å²) in [5, 5.41) is 22.9. The van der Waals surface area contributed by atoms with E-state index in [4.69, 9.17) is 23.7 Å². The van der Waals surface area contributed by atoms with Crippen molar-refractivity contribution in [2.24, 2.45) is 29.6 Å². The van der Waals surface area contributed by atoms with Crippen LogP contribution in [0.5, 0.6) is 0 Å². The van der Waals surface area contributed by atoms with Crippen LogP contribution < -0.4 is 0 Å². The molecule has 0 aromatic rings. The Hall–Kier alpha value is -2.48. The summed E-state index contributed by atoms with van der Waals surface area (Å²) in [6.07, 6.45) is 7.47. The van der Waals surface area contributed by atoms with Gasteiger partial charge in [-0.2, -0.15) is 0 Å². The first-order chi connectivity index (χ1) is 26.4. The van der Waals surface area contributed by atoms with Gasteiger partial charge in [0.2, 0.25) is 5.79 Å². The minimum Gasteiger partial charge on any atom is -0.456 e. The highest BCUT2D eigenvalue weighted by molar-refractivity contribution is 6.39. The minimum atomic E-state index is -2.47. The first-order valence-corrected chi connectivity index (χ1v) is 21.1. The number of carbonyl (C=O) groups is 4. The third-order valence-corrected chi connectivity index (χ3v) is 13.2. The van der Waals surface area contributed by atoms with Gasteiger partial charge in [0.1, 0.15) is 24.0 Å². The van der Waals surface area contributed by atoms with E-state index in [0.29, 0.717) is 64.2 Å². The van der Waals surface area contributed by atoms with Gasteiger partial charge in [-0.3, -0.25) is 14.4 Å². The second-order valence-corrected chi connectivity index (χ2v) is 17.7. The Morgan fingerprint density at radius 1 is 0.964 bits per heavy atom. The van der Waals surface area contributed by atoms with Crippen LogP contribution >= 0.6 is 0 Å². The minimum absolute atomic E-state index is 0.0701. The molecule has 13 atom stereocenters. The number of Topliss-reactive ketones (excluding diaryl/α,β-unsaturated/α-hetero) is 2. The van der Waals surface area contributed by atoms with Gasteiger partial charge >= 0.3 is 5.97 Å². The molecular weight excluding hydrogens is 718 g/mol. The van der Waals surface area contributed by atoms with E-state index in [9.17, 15) is 29.4 Å². The van der Waals surface area contributed by atoms with Crippen molar-refractivity contribution in [3.63, 3.8) is 0 Å². The third kappa shape index (κ3) is 10.8. The van der Waals surface area contributed by atoms with Crippen molar-refractivity contribution in [1.29, 1.82) is 0 Å². The summed E-state index contributed by atoms with van der Waals surface area (Å²) in [7, 11) is 4.70. The number of piperidine rings is 1. The van der Waals surface area contributed by atoms with Crippen molar-refractivity contribution in [1.82, 2.24) is 4.90 Å². The topological polar surface area (TPSA) is 158 Å². The molecule has 12 nitrogen and oxygen atoms in total. The highest BCUT2D eigenvalue weighted by Crippen LogP contribution is 2.40. The fourth-order valence-corrected chi connectivity index (χ4v) is 9.63. The Morgan fingerprint density at radius 2 is 1.64 bits per heavy atom. The lowest BCUT2D eigenvalue weighted by Gasteiger charge is -2.47. The zero-order valence-corrected chi connectivity index (χ0v) is 35.7. The number of esters is 1. The van der Waals surface area contributed by atoms with Gasteiger partial charge in [0.25, 0.3) is 11.7 Å². The average Bonchev–Trinajstić information content (AvgIpc) is 3.17. The van der Waals surface area contributed by atoms with Gasteiger partial charge in [-0.05, 0) is 115 Å². The number of hydrogen-bond acceptors (Lipinski definition) is 11. The molecule has 1 amide bonds. The summed E-state index contributed by atoms with van der Waals surface area (Å²) >= 11 is 0. The molecule has 2 bridgehead atoms. The molecule has 0 radical (unpaired) electrons. The molecule has 0 aromatic heterocycles. The van der Waals surface area contributed by atoms with E-state index >= 15 is 0 Å². The largest absolute Gasteiger partial charge is 0.456 e. The Labute approximate surface area is 335 Å². The predicted octanol–water partition coefficient (Wildman–Crippen LogP) is 5.89. The molecule has 318 valence electrons. The van der Waals surface area contributed by atoms with Gasteiger partial charge in [-0.15, -0.1) is 0 Å². The average molecular weight is 790 g/mol. The van der Waals surface area contributed by atoms with Gasteiger partial charge in [0.15, 0.2) is 0 Å². The molecule has 4 rings (SSSR count). The highest BCUT2D eigenvalue weighted by atomic mass is 16.7. The molecule has 13 unspecified atom stereocenters. The number of ether oxygens (including phenoxy) is 5. The molecule has 3 aliphatic heterocycles. The normalized spacial score (nSPS) is 40.6. The first kappa shape index (κ1) is 46.2. The van der Waals surface area contributed by atoms with Crippen molar-refractivity contribution in [2.75, 3.05) is 27.9 Å². The standard InChI is InChI=1S/C44H71NO11/c1-11-32-21-26(2)20-27(3)22-35(52-8)39-36(53-9)24-30(6)44(51,56-39)40(47)41(48)45-19-13-12-14-33(45)42(49)55-38(28(4)15-16-34(32)46)29(5)23-31-17-18-43(7,50)37(25-31)54-10/h21,23,27-28,30-33,35-39,50-51H,11-20,22,24-25H2,1-10H3. The lowest BCUT2D eigenvalue weighted by atomic mass is 9.76. The van der Waals surface area contributed by atoms with Crippen molar-refractivity contribution >= 4 is 23.4 Å². The van der Waals surface area contributed by atoms with Crippen LogP contribution in [0, 0.1) is 29.6 Å². The molecule has 1 aliphatic carbocycles. The van der Waals surface area contributed by atoms with E-state index in [1.807, 2.05) is 27.7 Å². The summed E-state index contributed by atoms with van der Waals surface area (Å²) in [5.41, 5.74) is 0.961. The van der Waals surface area contributed by atoms with E-state index < -0.39 is 65.4 Å². The Bertz CT molecular complexity index is 1440. The Kier molecular flexibility index (Phi) is 16.5. The fraction of sp³-hybridized carbons (Fsp3) is 0.818. The van der Waals surface area contributed by atoms with Crippen LogP contribution in [0.4, 0.5) is 0 Å². The summed E-state index contributed by atoms with van der Waals surface area (Å²) in [6, 6.07) is -1.05. The van der Waals surface area contributed by atoms with E-state index in [0.717, 1.165) is 17.6 Å². The van der Waals surface area contributed by atoms with Gasteiger partial charge in [-0.25, -0.2) is 4.79 Å². The number of amides is 1. The number of methoxy groups -OCH3 is 3. The van der Waals surface area contributed by atoms with Gasteiger partial charge in [0, 0.05) is 46.1 Å². The fourth-order valence-electron chi connectivity index (χ4n) is 9.63. The molecule has 0 spiro atoms. The Morgan fingerprint density at radius 3 is 2.29 bits per heavy atom. The molecule has 12 heteroatoms. The molecule has 2 saturated heterocycles. The number of hydrogen-bond donors (Lipinski definition) is 2. The molecule has 0 aromatic carbocycles. The third-order valence-electron chi connectivity index (χ3n) is 13.2. The number of ketones is 2. The van der Waals surface area contributed by atoms with Gasteiger partial charge < -0.3 is 38.8 Å². The van der Waals surface area contributed by atoms with Crippen LogP contribution in [0.3, 0.4) is 0 Å². The number of nitrogens with zero attached hydrogens (tertiary/aromatic N) is 1. The number of rotatable bonds is 6. The predicted molar refractivity (Wildman–Crippen MR) is 211 cm³/mol. The lowest BCUT2D eigenvalue weighted by molar-refractivity contribution is -0.302. The second-order valence-electron chi connectivity index (χ2n) is 17.7. The summed E-state index contributed by atoms with van der Waals surface area (Å²) in [4.78, 5) is 57.7. The maximum atomic E-state index is 14.3. The molecule has 3 heterocycles. The van der Waals surface area contributed by atoms with Crippen molar-refractivity contribution in [3.05, 3.63) is 23.3 Å². The number of aliphatic hydroxyl groups is 2. The SMILES string of the molecule is CCC1C=C(C)CC(C)CC(OC)C2OC(O)(C(=O)C(=O)N3CCCCC3C(=O)OC(C(C)=CC3CCC(C)(O)C(OC)C3)C(C)CCC1=O)C(C)CC2OC. The number of allylic oxidation sites excluding steroid dienone is 3. The van der Waals surface area contributed by atoms with Crippen molar-refractivity contribution < 1.29 is 53.1 Å². The van der Waals surface area contributed by atoms with Crippen LogP contribution in [-0.4, -0.2) is 114 Å². The quantitative estimate of drug-likeness (QED) is 0.188. The van der Waals surface area contributed by atoms with E-state index in [2.05, 4.69) is 19.1 Å². The van der Waals surface area contributed by atoms with Crippen LogP contribution in [0.25, 0.3) is 0 Å². The van der Waals surface area contributed by atoms with Crippen molar-refractivity contribution in [2.45, 2.75) is 173 Å². The number of fused-ring (bicyclic) bond motifs is 3. The number of cyclic esters (lactones) is 1. The van der Waals surface area contributed by atoms with Crippen LogP contribution in [0.1, 0.15) is 126 Å². The van der Waals surface area contributed by atoms with E-state index in [1.54, 1.807) is 35.2 Å². The van der Waals surface area contributed by atoms with Gasteiger partial charge in [0.05, 0.1) is 23.9 Å². The zero-order valence-electron chi connectivity index (χ0n) is 35.7.